The van der Waals surface area contributed by atoms with Crippen molar-refractivity contribution in [1.29, 1.82) is 0 Å². The minimum Gasteiger partial charge on any atom is -0.480 e. The number of nitrogens with zero attached hydrogens (tertiary/aromatic N) is 1. The number of carboxylic acid groups (broad SMARTS) is 1. The van der Waals surface area contributed by atoms with Crippen molar-refractivity contribution in [2.45, 2.75) is 25.8 Å². The Morgan fingerprint density at radius 2 is 1.77 bits per heavy atom. The molecule has 5 nitrogen and oxygen atoms in total. The molecule has 8 heteroatoms. The van der Waals surface area contributed by atoms with E-state index in [0.29, 0.717) is 23.2 Å². The van der Waals surface area contributed by atoms with Crippen LogP contribution < -0.4 is 5.32 Å². The van der Waals surface area contributed by atoms with Crippen molar-refractivity contribution in [3.8, 4) is 11.3 Å². The zero-order chi connectivity index (χ0) is 25.1. The normalized spacial score (nSPS) is 11.9. The summed E-state index contributed by atoms with van der Waals surface area (Å²) in [5.41, 5.74) is 2.94. The van der Waals surface area contributed by atoms with Crippen molar-refractivity contribution >= 4 is 46.0 Å². The molecular formula is C27H21Cl2FN2O3. The molecule has 2 N–H and O–H groups in total. The highest BCUT2D eigenvalue weighted by molar-refractivity contribution is 6.34. The Labute approximate surface area is 211 Å². The minimum absolute atomic E-state index is 0.0593. The maximum atomic E-state index is 14.3. The van der Waals surface area contributed by atoms with E-state index in [-0.39, 0.29) is 27.6 Å². The molecule has 0 spiro atoms. The summed E-state index contributed by atoms with van der Waals surface area (Å²) in [6.07, 6.45) is 0.641. The lowest BCUT2D eigenvalue weighted by Gasteiger charge is -2.17. The number of nitrogens with one attached hydrogen (secondary N) is 1. The fourth-order valence-electron chi connectivity index (χ4n) is 3.97. The second-order valence-electron chi connectivity index (χ2n) is 8.02. The highest BCUT2D eigenvalue weighted by Gasteiger charge is 2.24. The lowest BCUT2D eigenvalue weighted by atomic mass is 10.0. The van der Waals surface area contributed by atoms with Crippen LogP contribution in [-0.4, -0.2) is 28.0 Å². The van der Waals surface area contributed by atoms with Crippen LogP contribution in [0.3, 0.4) is 0 Å². The summed E-state index contributed by atoms with van der Waals surface area (Å²) in [4.78, 5) is 29.3. The number of carbonyl (C=O) groups excluding carboxylic acids is 1. The van der Waals surface area contributed by atoms with Gasteiger partial charge in [0.2, 0.25) is 0 Å². The van der Waals surface area contributed by atoms with Crippen LogP contribution in [0, 0.1) is 5.82 Å². The summed E-state index contributed by atoms with van der Waals surface area (Å²) in [6.45, 7) is 1.89. The summed E-state index contributed by atoms with van der Waals surface area (Å²) in [5, 5.41) is 13.6. The Morgan fingerprint density at radius 1 is 1.03 bits per heavy atom. The Kier molecular flexibility index (Phi) is 7.34. The standard InChI is InChI=1S/C27H21Cl2FN2O3/c1-2-16-5-3-6-18(28)24(16)26(33)32-23(27(34)35)14-15-9-11-21-17(13-15)10-12-22(31-21)25-19(29)7-4-8-20(25)30/h3-13,23H,2,14H2,1H3,(H,32,33)(H,34,35)/t23-/m0/s1. The number of amides is 1. The second-order valence-corrected chi connectivity index (χ2v) is 8.83. The number of fused-ring (bicyclic) bond motifs is 1. The average molecular weight is 511 g/mol. The summed E-state index contributed by atoms with van der Waals surface area (Å²) < 4.78 is 14.3. The third-order valence-electron chi connectivity index (χ3n) is 5.72. The van der Waals surface area contributed by atoms with Crippen LogP contribution >= 0.6 is 23.2 Å². The van der Waals surface area contributed by atoms with E-state index in [9.17, 15) is 19.1 Å². The summed E-state index contributed by atoms with van der Waals surface area (Å²) in [6, 6.07) is 17.1. The quantitative estimate of drug-likeness (QED) is 0.304. The van der Waals surface area contributed by atoms with Crippen molar-refractivity contribution in [2.24, 2.45) is 0 Å². The molecular weight excluding hydrogens is 490 g/mol. The highest BCUT2D eigenvalue weighted by Crippen LogP contribution is 2.30. The van der Waals surface area contributed by atoms with Crippen molar-refractivity contribution in [1.82, 2.24) is 10.3 Å². The number of benzene rings is 3. The number of hydrogen-bond donors (Lipinski definition) is 2. The van der Waals surface area contributed by atoms with Gasteiger partial charge in [0.05, 0.1) is 32.4 Å². The fourth-order valence-corrected chi connectivity index (χ4v) is 4.51. The number of rotatable bonds is 7. The third-order valence-corrected chi connectivity index (χ3v) is 6.35. The van der Waals surface area contributed by atoms with Gasteiger partial charge in [0, 0.05) is 11.8 Å². The molecule has 4 aromatic rings. The van der Waals surface area contributed by atoms with Gasteiger partial charge in [0.1, 0.15) is 11.9 Å². The first kappa shape index (κ1) is 24.6. The lowest BCUT2D eigenvalue weighted by molar-refractivity contribution is -0.139. The zero-order valence-corrected chi connectivity index (χ0v) is 20.2. The Morgan fingerprint density at radius 3 is 2.49 bits per heavy atom. The highest BCUT2D eigenvalue weighted by atomic mass is 35.5. The molecule has 0 unspecified atom stereocenters. The van der Waals surface area contributed by atoms with Crippen molar-refractivity contribution in [3.63, 3.8) is 0 Å². The van der Waals surface area contributed by atoms with Gasteiger partial charge in [-0.15, -0.1) is 0 Å². The number of pyridine rings is 1. The van der Waals surface area contributed by atoms with Crippen molar-refractivity contribution < 1.29 is 19.1 Å². The number of hydrogen-bond acceptors (Lipinski definition) is 3. The van der Waals surface area contributed by atoms with Gasteiger partial charge in [-0.1, -0.05) is 60.5 Å². The van der Waals surface area contributed by atoms with Gasteiger partial charge >= 0.3 is 5.97 Å². The average Bonchev–Trinajstić information content (AvgIpc) is 2.83. The first-order valence-electron chi connectivity index (χ1n) is 10.9. The summed E-state index contributed by atoms with van der Waals surface area (Å²) >= 11 is 12.4. The number of carbonyl (C=O) groups is 2. The van der Waals surface area contributed by atoms with E-state index < -0.39 is 23.7 Å². The monoisotopic (exact) mass is 510 g/mol. The SMILES string of the molecule is CCc1cccc(Cl)c1C(=O)N[C@@H](Cc1ccc2nc(-c3c(F)cccc3Cl)ccc2c1)C(=O)O. The topological polar surface area (TPSA) is 79.3 Å². The molecule has 0 aliphatic heterocycles. The first-order valence-corrected chi connectivity index (χ1v) is 11.7. The minimum atomic E-state index is -1.16. The van der Waals surface area contributed by atoms with E-state index in [2.05, 4.69) is 10.3 Å². The number of aryl methyl sites for hydroxylation is 1. The zero-order valence-electron chi connectivity index (χ0n) is 18.7. The molecule has 1 atom stereocenters. The number of aliphatic carboxylic acids is 1. The number of carboxylic acids is 1. The van der Waals surface area contributed by atoms with Crippen molar-refractivity contribution in [3.05, 3.63) is 99.3 Å². The Hall–Kier alpha value is -3.48. The van der Waals surface area contributed by atoms with Gasteiger partial charge in [-0.3, -0.25) is 4.79 Å². The van der Waals surface area contributed by atoms with Crippen molar-refractivity contribution in [2.75, 3.05) is 0 Å². The molecule has 0 aliphatic rings. The van der Waals surface area contributed by atoms with Crippen LogP contribution in [0.2, 0.25) is 10.0 Å². The lowest BCUT2D eigenvalue weighted by Crippen LogP contribution is -2.42. The van der Waals surface area contributed by atoms with Crippen LogP contribution in [0.5, 0.6) is 0 Å². The molecule has 3 aromatic carbocycles. The van der Waals surface area contributed by atoms with Gasteiger partial charge in [0.25, 0.3) is 5.91 Å². The number of aromatic nitrogens is 1. The van der Waals surface area contributed by atoms with E-state index in [0.717, 1.165) is 10.9 Å². The molecule has 0 aliphatic carbocycles. The molecule has 1 heterocycles. The smallest absolute Gasteiger partial charge is 0.326 e. The van der Waals surface area contributed by atoms with Crippen LogP contribution in [0.15, 0.2) is 66.7 Å². The molecule has 0 radical (unpaired) electrons. The molecule has 4 rings (SSSR count). The summed E-state index contributed by atoms with van der Waals surface area (Å²) in [7, 11) is 0. The summed E-state index contributed by atoms with van der Waals surface area (Å²) in [5.74, 6) is -2.16. The largest absolute Gasteiger partial charge is 0.480 e. The molecule has 178 valence electrons. The van der Waals surface area contributed by atoms with Crippen LogP contribution in [0.4, 0.5) is 4.39 Å². The van der Waals surface area contributed by atoms with Gasteiger partial charge < -0.3 is 10.4 Å². The van der Waals surface area contributed by atoms with E-state index in [1.807, 2.05) is 6.92 Å². The van der Waals surface area contributed by atoms with Crippen LogP contribution in [0.1, 0.15) is 28.4 Å². The van der Waals surface area contributed by atoms with E-state index in [1.165, 1.54) is 12.1 Å². The van der Waals surface area contributed by atoms with Crippen LogP contribution in [-0.2, 0) is 17.6 Å². The van der Waals surface area contributed by atoms with E-state index in [1.54, 1.807) is 54.6 Å². The second kappa shape index (κ2) is 10.4. The molecule has 0 fully saturated rings. The third kappa shape index (κ3) is 5.29. The van der Waals surface area contributed by atoms with E-state index >= 15 is 0 Å². The van der Waals surface area contributed by atoms with Gasteiger partial charge in [-0.2, -0.15) is 0 Å². The van der Waals surface area contributed by atoms with Gasteiger partial charge in [0.15, 0.2) is 0 Å². The maximum Gasteiger partial charge on any atom is 0.326 e. The van der Waals surface area contributed by atoms with Gasteiger partial charge in [-0.05, 0) is 53.9 Å². The molecule has 1 aromatic heterocycles. The molecule has 0 saturated carbocycles. The first-order chi connectivity index (χ1) is 16.8. The molecule has 0 bridgehead atoms. The maximum absolute atomic E-state index is 14.3. The number of halogens is 3. The Balaban J connectivity index is 1.59. The van der Waals surface area contributed by atoms with Crippen LogP contribution in [0.25, 0.3) is 22.2 Å². The van der Waals surface area contributed by atoms with Gasteiger partial charge in [-0.25, -0.2) is 14.2 Å². The van der Waals surface area contributed by atoms with E-state index in [4.69, 9.17) is 23.2 Å². The molecule has 0 saturated heterocycles. The Bertz CT molecular complexity index is 1420. The predicted molar refractivity (Wildman–Crippen MR) is 136 cm³/mol. The molecule has 35 heavy (non-hydrogen) atoms. The molecule has 1 amide bonds. The fraction of sp³-hybridized carbons (Fsp3) is 0.148. The predicted octanol–water partition coefficient (Wildman–Crippen LogP) is 6.34.